The molecule has 0 aliphatic rings. The molecule has 85 valence electrons. The minimum Gasteiger partial charge on any atom is -0.350 e. The van der Waals surface area contributed by atoms with Crippen molar-refractivity contribution in [3.05, 3.63) is 65.3 Å². The molecule has 1 heterocycles. The summed E-state index contributed by atoms with van der Waals surface area (Å²) in [5.41, 5.74) is 2.03. The van der Waals surface area contributed by atoms with Crippen molar-refractivity contribution in [2.24, 2.45) is 0 Å². The summed E-state index contributed by atoms with van der Waals surface area (Å²) in [7, 11) is 0. The molecule has 1 aromatic heterocycles. The Hall–Kier alpha value is -2.43. The first-order valence-electron chi connectivity index (χ1n) is 4.94. The summed E-state index contributed by atoms with van der Waals surface area (Å²) in [6, 6.07) is 8.85. The van der Waals surface area contributed by atoms with Crippen molar-refractivity contribution in [3.63, 3.8) is 0 Å². The molecule has 1 N–H and O–H groups in total. The minimum absolute atomic E-state index is 0.0498. The second-order valence-corrected chi connectivity index (χ2v) is 3.47. The second-order valence-electron chi connectivity index (χ2n) is 3.47. The van der Waals surface area contributed by atoms with Gasteiger partial charge in [-0.25, -0.2) is 0 Å². The molecule has 0 aliphatic carbocycles. The second kappa shape index (κ2) is 4.61. The summed E-state index contributed by atoms with van der Waals surface area (Å²) >= 11 is 0. The molecule has 0 saturated heterocycles. The molecular formula is C12H10N3O2. The largest absolute Gasteiger partial charge is 0.350 e. The number of hydrogen-bond acceptors (Lipinski definition) is 4. The van der Waals surface area contributed by atoms with Crippen molar-refractivity contribution in [2.75, 3.05) is 5.32 Å². The van der Waals surface area contributed by atoms with Crippen molar-refractivity contribution < 1.29 is 4.92 Å². The number of hydrogen-bond donors (Lipinski definition) is 1. The summed E-state index contributed by atoms with van der Waals surface area (Å²) in [5, 5.41) is 13.8. The van der Waals surface area contributed by atoms with Crippen LogP contribution in [-0.2, 0) is 0 Å². The molecule has 17 heavy (non-hydrogen) atoms. The molecule has 0 fully saturated rings. The Morgan fingerprint density at radius 2 is 1.94 bits per heavy atom. The first-order chi connectivity index (χ1) is 8.16. The lowest BCUT2D eigenvalue weighted by Gasteiger charge is -2.06. The Kier molecular flexibility index (Phi) is 3.00. The molecule has 5 heteroatoms. The summed E-state index contributed by atoms with van der Waals surface area (Å²) < 4.78 is 0. The fourth-order valence-electron chi connectivity index (χ4n) is 1.38. The van der Waals surface area contributed by atoms with Crippen LogP contribution in [0.15, 0.2) is 42.7 Å². The molecule has 0 aliphatic heterocycles. The maximum atomic E-state index is 10.8. The van der Waals surface area contributed by atoms with E-state index in [0.717, 1.165) is 11.3 Å². The quantitative estimate of drug-likeness (QED) is 0.647. The van der Waals surface area contributed by atoms with Gasteiger partial charge in [0.2, 0.25) is 0 Å². The van der Waals surface area contributed by atoms with E-state index >= 15 is 0 Å². The highest BCUT2D eigenvalue weighted by molar-refractivity contribution is 5.68. The van der Waals surface area contributed by atoms with Crippen LogP contribution in [0, 0.1) is 17.0 Å². The Balaban J connectivity index is 2.30. The lowest BCUT2D eigenvalue weighted by molar-refractivity contribution is -0.384. The molecule has 0 spiro atoms. The summed E-state index contributed by atoms with van der Waals surface area (Å²) in [5.74, 6) is 0. The van der Waals surface area contributed by atoms with Crippen LogP contribution in [0.4, 0.5) is 17.1 Å². The number of pyridine rings is 1. The molecule has 0 bridgehead atoms. The fourth-order valence-corrected chi connectivity index (χ4v) is 1.38. The molecule has 0 saturated carbocycles. The maximum absolute atomic E-state index is 10.8. The SMILES string of the molecule is [CH2]c1ccc(Nc2ccncc2[N+](=O)[O-])cc1. The van der Waals surface area contributed by atoms with Crippen LogP contribution in [0.2, 0.25) is 0 Å². The predicted octanol–water partition coefficient (Wildman–Crippen LogP) is 2.92. The van der Waals surface area contributed by atoms with Crippen LogP contribution in [0.3, 0.4) is 0 Å². The first kappa shape index (κ1) is 11.1. The third-order valence-electron chi connectivity index (χ3n) is 2.23. The number of rotatable bonds is 3. The number of nitrogens with zero attached hydrogens (tertiary/aromatic N) is 2. The number of benzene rings is 1. The van der Waals surface area contributed by atoms with E-state index in [-0.39, 0.29) is 5.69 Å². The third-order valence-corrected chi connectivity index (χ3v) is 2.23. The van der Waals surface area contributed by atoms with Gasteiger partial charge in [0, 0.05) is 11.9 Å². The van der Waals surface area contributed by atoms with Gasteiger partial charge in [-0.2, -0.15) is 0 Å². The monoisotopic (exact) mass is 228 g/mol. The molecule has 2 aromatic rings. The molecule has 0 unspecified atom stereocenters. The number of nitro groups is 1. The van der Waals surface area contributed by atoms with Crippen LogP contribution in [0.5, 0.6) is 0 Å². The van der Waals surface area contributed by atoms with Crippen molar-refractivity contribution in [1.82, 2.24) is 4.98 Å². The summed E-state index contributed by atoms with van der Waals surface area (Å²) in [6.45, 7) is 3.77. The molecule has 5 nitrogen and oxygen atoms in total. The lowest BCUT2D eigenvalue weighted by atomic mass is 10.2. The van der Waals surface area contributed by atoms with Gasteiger partial charge in [0.25, 0.3) is 0 Å². The van der Waals surface area contributed by atoms with Gasteiger partial charge in [-0.05, 0) is 30.7 Å². The zero-order valence-corrected chi connectivity index (χ0v) is 8.96. The van der Waals surface area contributed by atoms with Crippen LogP contribution in [-0.4, -0.2) is 9.91 Å². The van der Waals surface area contributed by atoms with E-state index in [4.69, 9.17) is 0 Å². The van der Waals surface area contributed by atoms with Gasteiger partial charge < -0.3 is 5.32 Å². The Morgan fingerprint density at radius 1 is 1.24 bits per heavy atom. The highest BCUT2D eigenvalue weighted by Crippen LogP contribution is 2.25. The average molecular weight is 228 g/mol. The van der Waals surface area contributed by atoms with Crippen molar-refractivity contribution in [3.8, 4) is 0 Å². The van der Waals surface area contributed by atoms with Gasteiger partial charge in [0.1, 0.15) is 11.9 Å². The number of aromatic nitrogens is 1. The standard InChI is InChI=1S/C12H10N3O2/c1-9-2-4-10(5-3-9)14-11-6-7-13-8-12(11)15(16)17/h2-8H,1H2,(H,13,14). The van der Waals surface area contributed by atoms with E-state index in [1.54, 1.807) is 6.07 Å². The average Bonchev–Trinajstić information content (AvgIpc) is 2.32. The van der Waals surface area contributed by atoms with Gasteiger partial charge in [-0.15, -0.1) is 0 Å². The minimum atomic E-state index is -0.467. The van der Waals surface area contributed by atoms with Crippen molar-refractivity contribution >= 4 is 17.1 Å². The zero-order valence-electron chi connectivity index (χ0n) is 8.96. The fraction of sp³-hybridized carbons (Fsp3) is 0. The summed E-state index contributed by atoms with van der Waals surface area (Å²) in [4.78, 5) is 14.0. The van der Waals surface area contributed by atoms with E-state index in [1.807, 2.05) is 24.3 Å². The van der Waals surface area contributed by atoms with E-state index in [9.17, 15) is 10.1 Å². The van der Waals surface area contributed by atoms with E-state index in [1.165, 1.54) is 12.4 Å². The zero-order chi connectivity index (χ0) is 12.3. The summed E-state index contributed by atoms with van der Waals surface area (Å²) in [6.07, 6.45) is 2.73. The molecule has 0 atom stereocenters. The molecular weight excluding hydrogens is 218 g/mol. The van der Waals surface area contributed by atoms with E-state index in [0.29, 0.717) is 5.69 Å². The van der Waals surface area contributed by atoms with Crippen molar-refractivity contribution in [2.45, 2.75) is 0 Å². The number of anilines is 2. The third kappa shape index (κ3) is 2.57. The Morgan fingerprint density at radius 3 is 2.59 bits per heavy atom. The van der Waals surface area contributed by atoms with Gasteiger partial charge in [-0.3, -0.25) is 15.1 Å². The molecule has 0 amide bonds. The van der Waals surface area contributed by atoms with Crippen LogP contribution in [0.25, 0.3) is 0 Å². The van der Waals surface area contributed by atoms with Gasteiger partial charge in [-0.1, -0.05) is 12.1 Å². The van der Waals surface area contributed by atoms with Crippen LogP contribution >= 0.6 is 0 Å². The molecule has 1 radical (unpaired) electrons. The van der Waals surface area contributed by atoms with Crippen LogP contribution in [0.1, 0.15) is 5.56 Å². The smallest absolute Gasteiger partial charge is 0.310 e. The van der Waals surface area contributed by atoms with Crippen LogP contribution < -0.4 is 5.32 Å². The van der Waals surface area contributed by atoms with Gasteiger partial charge in [0.15, 0.2) is 0 Å². The maximum Gasteiger partial charge on any atom is 0.310 e. The topological polar surface area (TPSA) is 68.1 Å². The lowest BCUT2D eigenvalue weighted by Crippen LogP contribution is -1.97. The highest BCUT2D eigenvalue weighted by atomic mass is 16.6. The van der Waals surface area contributed by atoms with Crippen molar-refractivity contribution in [1.29, 1.82) is 0 Å². The Labute approximate surface area is 98.3 Å². The van der Waals surface area contributed by atoms with E-state index < -0.39 is 4.92 Å². The number of nitrogens with one attached hydrogen (secondary N) is 1. The first-order valence-corrected chi connectivity index (χ1v) is 4.94. The van der Waals surface area contributed by atoms with E-state index in [2.05, 4.69) is 17.2 Å². The predicted molar refractivity (Wildman–Crippen MR) is 65.1 cm³/mol. The molecule has 2 rings (SSSR count). The molecule has 1 aromatic carbocycles. The van der Waals surface area contributed by atoms with Gasteiger partial charge >= 0.3 is 5.69 Å². The highest BCUT2D eigenvalue weighted by Gasteiger charge is 2.12. The van der Waals surface area contributed by atoms with Gasteiger partial charge in [0.05, 0.1) is 4.92 Å². The normalized spacial score (nSPS) is 9.94. The Bertz CT molecular complexity index is 538.